The predicted molar refractivity (Wildman–Crippen MR) is 150 cm³/mol. The number of anilines is 1. The Hall–Kier alpha value is -2.37. The molecule has 1 N–H and O–H groups in total. The predicted octanol–water partition coefficient (Wildman–Crippen LogP) is 6.90. The van der Waals surface area contributed by atoms with Crippen molar-refractivity contribution < 1.29 is 14.7 Å². The molecule has 0 radical (unpaired) electrons. The van der Waals surface area contributed by atoms with Crippen molar-refractivity contribution in [2.45, 2.75) is 95.5 Å². The van der Waals surface area contributed by atoms with Gasteiger partial charge in [0, 0.05) is 35.0 Å². The maximum absolute atomic E-state index is 14.1. The van der Waals surface area contributed by atoms with Crippen molar-refractivity contribution in [1.29, 1.82) is 0 Å². The van der Waals surface area contributed by atoms with E-state index in [-0.39, 0.29) is 28.2 Å². The molecule has 2 fully saturated rings. The maximum atomic E-state index is 14.1. The van der Waals surface area contributed by atoms with Crippen molar-refractivity contribution in [2.75, 3.05) is 4.90 Å². The van der Waals surface area contributed by atoms with Gasteiger partial charge >= 0.3 is 5.97 Å². The summed E-state index contributed by atoms with van der Waals surface area (Å²) in [5, 5.41) is 11.3. The van der Waals surface area contributed by atoms with Crippen molar-refractivity contribution in [3.05, 3.63) is 34.3 Å². The molecule has 4 rings (SSSR count). The van der Waals surface area contributed by atoms with Crippen LogP contribution in [0.3, 0.4) is 0 Å². The van der Waals surface area contributed by atoms with Gasteiger partial charge in [0.15, 0.2) is 5.16 Å². The molecule has 0 spiro atoms. The Kier molecular flexibility index (Phi) is 8.97. The lowest BCUT2D eigenvalue weighted by molar-refractivity contribution is -0.124. The Morgan fingerprint density at radius 2 is 1.70 bits per heavy atom. The van der Waals surface area contributed by atoms with Crippen LogP contribution in [0, 0.1) is 29.1 Å². The normalized spacial score (nSPS) is 24.1. The van der Waals surface area contributed by atoms with Gasteiger partial charge < -0.3 is 10.0 Å². The third-order valence-corrected chi connectivity index (χ3v) is 9.41. The van der Waals surface area contributed by atoms with E-state index >= 15 is 0 Å². The van der Waals surface area contributed by atoms with Gasteiger partial charge in [-0.05, 0) is 90.2 Å². The number of carboxylic acid groups (broad SMARTS) is 1. The molecule has 0 aromatic carbocycles. The molecule has 2 saturated carbocycles. The highest BCUT2D eigenvalue weighted by atomic mass is 32.2. The van der Waals surface area contributed by atoms with Crippen LogP contribution in [0.25, 0.3) is 0 Å². The smallest absolute Gasteiger partial charge is 0.348 e. The first-order valence-electron chi connectivity index (χ1n) is 13.3. The summed E-state index contributed by atoms with van der Waals surface area (Å²) in [5.74, 6) is 6.06. The molecule has 0 bridgehead atoms. The Balaban J connectivity index is 1.61. The number of carbonyl (C=O) groups is 2. The number of amides is 1. The van der Waals surface area contributed by atoms with Crippen molar-refractivity contribution in [1.82, 2.24) is 9.97 Å². The van der Waals surface area contributed by atoms with E-state index in [1.54, 1.807) is 24.2 Å². The molecule has 2 aromatic heterocycles. The van der Waals surface area contributed by atoms with Crippen LogP contribution in [0.4, 0.5) is 5.69 Å². The molecule has 8 heteroatoms. The molecule has 37 heavy (non-hydrogen) atoms. The fraction of sp³-hybridized carbons (Fsp3) is 0.586. The van der Waals surface area contributed by atoms with Gasteiger partial charge in [0.05, 0.1) is 10.6 Å². The van der Waals surface area contributed by atoms with Gasteiger partial charge in [0.1, 0.15) is 4.88 Å². The molecule has 2 heterocycles. The Morgan fingerprint density at radius 1 is 1.05 bits per heavy atom. The topological polar surface area (TPSA) is 83.4 Å². The summed E-state index contributed by atoms with van der Waals surface area (Å²) in [6, 6.07) is 3.64. The van der Waals surface area contributed by atoms with E-state index in [0.29, 0.717) is 21.7 Å². The number of hydrogen-bond donors (Lipinski definition) is 1. The largest absolute Gasteiger partial charge is 0.477 e. The zero-order valence-electron chi connectivity index (χ0n) is 22.2. The average Bonchev–Trinajstić information content (AvgIpc) is 3.29. The average molecular weight is 540 g/mol. The first-order valence-corrected chi connectivity index (χ1v) is 15.0. The zero-order valence-corrected chi connectivity index (χ0v) is 23.8. The summed E-state index contributed by atoms with van der Waals surface area (Å²) in [6.45, 7) is 8.34. The number of carboxylic acids is 1. The van der Waals surface area contributed by atoms with Gasteiger partial charge in [-0.25, -0.2) is 14.8 Å². The van der Waals surface area contributed by atoms with Crippen LogP contribution in [-0.2, 0) is 4.79 Å². The van der Waals surface area contributed by atoms with Crippen LogP contribution < -0.4 is 4.90 Å². The van der Waals surface area contributed by atoms with Crippen LogP contribution in [0.5, 0.6) is 0 Å². The highest BCUT2D eigenvalue weighted by molar-refractivity contribution is 7.99. The molecule has 0 unspecified atom stereocenters. The quantitative estimate of drug-likeness (QED) is 0.318. The van der Waals surface area contributed by atoms with Gasteiger partial charge in [-0.2, -0.15) is 0 Å². The SMILES string of the molecule is CC1CCC(C(=O)N(c2cc(C#CC(C)(C)C)sc2C(=O)O)C2CCC(Sc3ncccn3)CC2)CC1. The lowest BCUT2D eigenvalue weighted by Crippen LogP contribution is -2.46. The van der Waals surface area contributed by atoms with Crippen LogP contribution in [-0.4, -0.2) is 38.2 Å². The Bertz CT molecular complexity index is 1150. The van der Waals surface area contributed by atoms with Crippen LogP contribution in [0.1, 0.15) is 93.6 Å². The molecule has 2 aromatic rings. The minimum absolute atomic E-state index is 0.0171. The van der Waals surface area contributed by atoms with Crippen molar-refractivity contribution in [3.8, 4) is 11.8 Å². The highest BCUT2D eigenvalue weighted by Gasteiger charge is 2.37. The number of nitrogens with zero attached hydrogens (tertiary/aromatic N) is 3. The fourth-order valence-electron chi connectivity index (χ4n) is 5.14. The standard InChI is InChI=1S/C29H37N3O3S2/c1-19-6-8-20(9-7-19)26(33)32(21-10-12-22(13-11-21)37-28-30-16-5-17-31-28)24-18-23(14-15-29(2,3)4)36-25(24)27(34)35/h5,16-22H,6-13H2,1-4H3,(H,34,35). The van der Waals surface area contributed by atoms with Gasteiger partial charge in [-0.1, -0.05) is 30.5 Å². The molecule has 2 aliphatic carbocycles. The summed E-state index contributed by atoms with van der Waals surface area (Å²) >= 11 is 2.88. The van der Waals surface area contributed by atoms with Gasteiger partial charge in [-0.15, -0.1) is 11.3 Å². The zero-order chi connectivity index (χ0) is 26.6. The third-order valence-electron chi connectivity index (χ3n) is 7.15. The molecule has 0 saturated heterocycles. The van der Waals surface area contributed by atoms with E-state index in [2.05, 4.69) is 28.7 Å². The van der Waals surface area contributed by atoms with Gasteiger partial charge in [0.2, 0.25) is 5.91 Å². The van der Waals surface area contributed by atoms with Crippen molar-refractivity contribution in [3.63, 3.8) is 0 Å². The highest BCUT2D eigenvalue weighted by Crippen LogP contribution is 2.40. The third kappa shape index (κ3) is 7.36. The van der Waals surface area contributed by atoms with Crippen LogP contribution in [0.15, 0.2) is 29.7 Å². The van der Waals surface area contributed by atoms with Crippen LogP contribution in [0.2, 0.25) is 0 Å². The van der Waals surface area contributed by atoms with E-state index in [1.165, 1.54) is 11.3 Å². The summed E-state index contributed by atoms with van der Waals surface area (Å²) in [5.41, 5.74) is 0.335. The van der Waals surface area contributed by atoms with Gasteiger partial charge in [0.25, 0.3) is 0 Å². The molecular weight excluding hydrogens is 502 g/mol. The lowest BCUT2D eigenvalue weighted by atomic mass is 9.81. The summed E-state index contributed by atoms with van der Waals surface area (Å²) in [6.07, 6.45) is 10.9. The van der Waals surface area contributed by atoms with Crippen LogP contribution >= 0.6 is 23.1 Å². The summed E-state index contributed by atoms with van der Waals surface area (Å²) < 4.78 is 0. The maximum Gasteiger partial charge on any atom is 0.348 e. The fourth-order valence-corrected chi connectivity index (χ4v) is 7.03. The monoisotopic (exact) mass is 539 g/mol. The number of rotatable bonds is 6. The van der Waals surface area contributed by atoms with E-state index in [0.717, 1.165) is 56.5 Å². The summed E-state index contributed by atoms with van der Waals surface area (Å²) in [7, 11) is 0. The number of thiophene rings is 1. The second-order valence-electron chi connectivity index (χ2n) is 11.4. The number of carbonyl (C=O) groups excluding carboxylic acids is 1. The minimum Gasteiger partial charge on any atom is -0.477 e. The van der Waals surface area contributed by atoms with E-state index < -0.39 is 5.97 Å². The molecule has 0 aliphatic heterocycles. The molecular formula is C29H37N3O3S2. The van der Waals surface area contributed by atoms with E-state index in [1.807, 2.05) is 37.8 Å². The van der Waals surface area contributed by atoms with Crippen molar-refractivity contribution >= 4 is 40.7 Å². The second kappa shape index (κ2) is 12.0. The van der Waals surface area contributed by atoms with Crippen molar-refractivity contribution in [2.24, 2.45) is 17.3 Å². The molecule has 0 atom stereocenters. The lowest BCUT2D eigenvalue weighted by Gasteiger charge is -2.39. The first kappa shape index (κ1) is 27.7. The minimum atomic E-state index is -0.996. The van der Waals surface area contributed by atoms with E-state index in [9.17, 15) is 14.7 Å². The summed E-state index contributed by atoms with van der Waals surface area (Å²) in [4.78, 5) is 37.9. The Morgan fingerprint density at radius 3 is 2.30 bits per heavy atom. The molecule has 198 valence electrons. The molecule has 6 nitrogen and oxygen atoms in total. The first-order chi connectivity index (χ1) is 17.6. The second-order valence-corrected chi connectivity index (χ2v) is 13.7. The molecule has 2 aliphatic rings. The van der Waals surface area contributed by atoms with Gasteiger partial charge in [-0.3, -0.25) is 4.79 Å². The molecule has 1 amide bonds. The number of thioether (sulfide) groups is 1. The van der Waals surface area contributed by atoms with E-state index in [4.69, 9.17) is 0 Å². The Labute approximate surface area is 228 Å². The number of aromatic nitrogens is 2. The number of aromatic carboxylic acids is 1. The number of hydrogen-bond acceptors (Lipinski definition) is 6.